The maximum absolute atomic E-state index is 9.88. The molecule has 3 nitrogen and oxygen atoms in total. The normalized spacial score (nSPS) is 12.0. The maximum atomic E-state index is 9.88. The third-order valence-corrected chi connectivity index (χ3v) is 11.8. The number of hydrogen-bond acceptors (Lipinski definition) is 3. The zero-order valence-electron chi connectivity index (χ0n) is 16.5. The van der Waals surface area contributed by atoms with E-state index < -0.39 is 15.2 Å². The van der Waals surface area contributed by atoms with Gasteiger partial charge in [0, 0.05) is 5.56 Å². The summed E-state index contributed by atoms with van der Waals surface area (Å²) in [6.45, 7) is 13.6. The Kier molecular flexibility index (Phi) is 6.23. The molecule has 0 bridgehead atoms. The first-order valence-corrected chi connectivity index (χ1v) is 11.5. The van der Waals surface area contributed by atoms with Gasteiger partial charge in [-0.2, -0.15) is 0 Å². The van der Waals surface area contributed by atoms with Crippen molar-refractivity contribution in [1.29, 1.82) is 0 Å². The van der Waals surface area contributed by atoms with Gasteiger partial charge in [0.1, 0.15) is 13.8 Å². The van der Waals surface area contributed by atoms with Crippen molar-refractivity contribution in [2.24, 2.45) is 0 Å². The lowest BCUT2D eigenvalue weighted by Crippen LogP contribution is -2.43. The molecule has 5 heteroatoms. The van der Waals surface area contributed by atoms with Gasteiger partial charge < -0.3 is 15.2 Å². The average molecular weight is 368 g/mol. The maximum Gasteiger partial charge on any atom is 0.489 e. The number of aromatic hydroxyl groups is 1. The summed E-state index contributed by atoms with van der Waals surface area (Å²) in [5, 5.41) is 30.9. The van der Waals surface area contributed by atoms with E-state index in [2.05, 4.69) is 53.0 Å². The van der Waals surface area contributed by atoms with Gasteiger partial charge in [-0.05, 0) is 51.1 Å². The summed E-state index contributed by atoms with van der Waals surface area (Å²) in [6.07, 6.45) is 0. The number of phenolic OH excluding ortho intramolecular Hbond substituents is 1. The fraction of sp³-hybridized carbons (Fsp3) is 0.429. The average Bonchev–Trinajstić information content (AvgIpc) is 2.53. The lowest BCUT2D eigenvalue weighted by Gasteiger charge is -2.38. The largest absolute Gasteiger partial charge is 0.508 e. The van der Waals surface area contributed by atoms with Crippen molar-refractivity contribution in [2.45, 2.75) is 58.2 Å². The van der Waals surface area contributed by atoms with Gasteiger partial charge in [-0.25, -0.2) is 0 Å². The molecular weight excluding hydrogens is 339 g/mol. The summed E-state index contributed by atoms with van der Waals surface area (Å²) < 4.78 is 0. The van der Waals surface area contributed by atoms with Crippen LogP contribution in [0.4, 0.5) is 0 Å². The first kappa shape index (κ1) is 20.6. The first-order valence-electron chi connectivity index (χ1n) is 9.26. The van der Waals surface area contributed by atoms with Crippen molar-refractivity contribution < 1.29 is 15.2 Å². The summed E-state index contributed by atoms with van der Waals surface area (Å²) in [4.78, 5) is 0. The highest BCUT2D eigenvalue weighted by atomic mass is 28.3. The second-order valence-electron chi connectivity index (χ2n) is 7.96. The minimum Gasteiger partial charge on any atom is -0.508 e. The van der Waals surface area contributed by atoms with E-state index in [4.69, 9.17) is 0 Å². The molecule has 0 spiro atoms. The highest BCUT2D eigenvalue weighted by Gasteiger charge is 2.41. The topological polar surface area (TPSA) is 60.7 Å². The molecule has 0 aliphatic rings. The molecule has 0 saturated heterocycles. The van der Waals surface area contributed by atoms with Gasteiger partial charge in [0.05, 0.1) is 0 Å². The van der Waals surface area contributed by atoms with E-state index >= 15 is 0 Å². The van der Waals surface area contributed by atoms with Gasteiger partial charge in [0.15, 0.2) is 0 Å². The molecule has 0 amide bonds. The number of hydrogen-bond donors (Lipinski definition) is 3. The van der Waals surface area contributed by atoms with E-state index in [-0.39, 0.29) is 11.2 Å². The smallest absolute Gasteiger partial charge is 0.489 e. The van der Waals surface area contributed by atoms with Crippen LogP contribution >= 0.6 is 0 Å². The molecule has 2 aromatic rings. The molecule has 0 aliphatic heterocycles. The van der Waals surface area contributed by atoms with Crippen LogP contribution in [0.25, 0.3) is 10.8 Å². The Balaban J connectivity index is 2.75. The second kappa shape index (κ2) is 7.87. The van der Waals surface area contributed by atoms with Gasteiger partial charge in [-0.15, -0.1) is 5.54 Å². The van der Waals surface area contributed by atoms with Gasteiger partial charge in [-0.1, -0.05) is 59.6 Å². The Hall–Kier alpha value is -1.74. The van der Waals surface area contributed by atoms with Crippen LogP contribution in [0.15, 0.2) is 30.3 Å². The third kappa shape index (κ3) is 3.68. The van der Waals surface area contributed by atoms with E-state index in [1.54, 1.807) is 6.07 Å². The fourth-order valence-corrected chi connectivity index (χ4v) is 9.58. The van der Waals surface area contributed by atoms with Crippen molar-refractivity contribution in [3.8, 4) is 17.2 Å². The predicted octanol–water partition coefficient (Wildman–Crippen LogP) is 3.79. The zero-order valence-corrected chi connectivity index (χ0v) is 17.5. The standard InChI is InChI=1S/C21H29BO3Si/c1-14(2)26(15(3)4,16(5)6)11-10-17-8-7-9-18-12-19(23)13-20(21(17)18)22(24)25/h7-9,12-16,23-25H,1-6H3. The highest BCUT2D eigenvalue weighted by Crippen LogP contribution is 2.40. The highest BCUT2D eigenvalue weighted by molar-refractivity contribution is 6.90. The summed E-state index contributed by atoms with van der Waals surface area (Å²) in [7, 11) is -3.55. The molecule has 0 aromatic heterocycles. The molecule has 0 unspecified atom stereocenters. The van der Waals surface area contributed by atoms with E-state index in [9.17, 15) is 15.2 Å². The Morgan fingerprint density at radius 2 is 1.50 bits per heavy atom. The van der Waals surface area contributed by atoms with Crippen LogP contribution in [-0.4, -0.2) is 30.3 Å². The molecule has 2 rings (SSSR count). The number of fused-ring (bicyclic) bond motifs is 1. The zero-order chi connectivity index (χ0) is 19.6. The Morgan fingerprint density at radius 3 is 2.00 bits per heavy atom. The van der Waals surface area contributed by atoms with Crippen molar-refractivity contribution in [1.82, 2.24) is 0 Å². The summed E-state index contributed by atoms with van der Waals surface area (Å²) >= 11 is 0. The van der Waals surface area contributed by atoms with E-state index in [0.717, 1.165) is 10.9 Å². The number of rotatable bonds is 4. The number of phenols is 1. The van der Waals surface area contributed by atoms with Gasteiger partial charge in [0.25, 0.3) is 0 Å². The minimum absolute atomic E-state index is 0.0148. The van der Waals surface area contributed by atoms with Crippen LogP contribution in [0, 0.1) is 11.5 Å². The molecule has 2 aromatic carbocycles. The number of benzene rings is 2. The van der Waals surface area contributed by atoms with Crippen LogP contribution in [0.3, 0.4) is 0 Å². The van der Waals surface area contributed by atoms with E-state index in [1.165, 1.54) is 6.07 Å². The van der Waals surface area contributed by atoms with Crippen molar-refractivity contribution >= 4 is 31.4 Å². The SMILES string of the molecule is CC(C)[Si](C#Cc1cccc2cc(O)cc(B(O)O)c12)(C(C)C)C(C)C. The molecule has 0 fully saturated rings. The third-order valence-electron chi connectivity index (χ3n) is 5.55. The fourth-order valence-electron chi connectivity index (χ4n) is 4.36. The van der Waals surface area contributed by atoms with Gasteiger partial charge in [-0.3, -0.25) is 0 Å². The first-order chi connectivity index (χ1) is 12.1. The quantitative estimate of drug-likeness (QED) is 0.568. The summed E-state index contributed by atoms with van der Waals surface area (Å²) in [5.74, 6) is 3.41. The molecule has 0 radical (unpaired) electrons. The molecule has 138 valence electrons. The summed E-state index contributed by atoms with van der Waals surface area (Å²) in [5.41, 5.74) is 6.33. The van der Waals surface area contributed by atoms with Crippen molar-refractivity contribution in [3.63, 3.8) is 0 Å². The van der Waals surface area contributed by atoms with Crippen LogP contribution in [0.5, 0.6) is 5.75 Å². The lowest BCUT2D eigenvalue weighted by atomic mass is 9.76. The Labute approximate surface area is 158 Å². The molecule has 3 N–H and O–H groups in total. The molecular formula is C21H29BO3Si. The second-order valence-corrected chi connectivity index (χ2v) is 13.5. The van der Waals surface area contributed by atoms with Crippen LogP contribution in [-0.2, 0) is 0 Å². The van der Waals surface area contributed by atoms with Crippen LogP contribution < -0.4 is 5.46 Å². The molecule has 0 heterocycles. The lowest BCUT2D eigenvalue weighted by molar-refractivity contribution is 0.425. The molecule has 0 aliphatic carbocycles. The molecule has 0 saturated carbocycles. The molecule has 0 atom stereocenters. The van der Waals surface area contributed by atoms with Gasteiger partial charge in [0.2, 0.25) is 0 Å². The monoisotopic (exact) mass is 368 g/mol. The van der Waals surface area contributed by atoms with Crippen LogP contribution in [0.1, 0.15) is 47.1 Å². The van der Waals surface area contributed by atoms with Gasteiger partial charge >= 0.3 is 7.12 Å². The summed E-state index contributed by atoms with van der Waals surface area (Å²) in [6, 6.07) is 8.69. The van der Waals surface area contributed by atoms with Crippen molar-refractivity contribution in [2.75, 3.05) is 0 Å². The molecule has 26 heavy (non-hydrogen) atoms. The van der Waals surface area contributed by atoms with E-state index in [1.807, 2.05) is 18.2 Å². The Bertz CT molecular complexity index is 826. The predicted molar refractivity (Wildman–Crippen MR) is 113 cm³/mol. The minimum atomic E-state index is -1.89. The Morgan fingerprint density at radius 1 is 0.923 bits per heavy atom. The van der Waals surface area contributed by atoms with Crippen LogP contribution in [0.2, 0.25) is 16.6 Å². The van der Waals surface area contributed by atoms with E-state index in [0.29, 0.717) is 22.0 Å². The van der Waals surface area contributed by atoms with Crippen molar-refractivity contribution in [3.05, 3.63) is 35.9 Å².